The number of aromatic amines is 1. The number of H-pyrrole nitrogens is 1. The van der Waals surface area contributed by atoms with E-state index >= 15 is 0 Å². The van der Waals surface area contributed by atoms with Crippen LogP contribution in [0.3, 0.4) is 0 Å². The number of aromatic nitrogens is 3. The summed E-state index contributed by atoms with van der Waals surface area (Å²) in [4.78, 5) is 37.8. The summed E-state index contributed by atoms with van der Waals surface area (Å²) in [5.41, 5.74) is 2.43. The molecule has 2 aliphatic heterocycles. The van der Waals surface area contributed by atoms with Crippen LogP contribution < -0.4 is 0 Å². The molecule has 2 heterocycles. The molecule has 0 aromatic heterocycles. The summed E-state index contributed by atoms with van der Waals surface area (Å²) in [7, 11) is -4.28. The molecule has 0 spiro atoms. The molecular formula is C28H38N4O6S. The lowest BCUT2D eigenvalue weighted by atomic mass is 10.0. The van der Waals surface area contributed by atoms with Gasteiger partial charge in [-0.25, -0.2) is 18.4 Å². The van der Waals surface area contributed by atoms with Gasteiger partial charge in [0.2, 0.25) is 10.0 Å². The van der Waals surface area contributed by atoms with Gasteiger partial charge in [0.1, 0.15) is 29.7 Å². The highest BCUT2D eigenvalue weighted by Gasteiger charge is 2.39. The van der Waals surface area contributed by atoms with E-state index in [9.17, 15) is 18.0 Å². The van der Waals surface area contributed by atoms with Gasteiger partial charge >= 0.3 is 11.9 Å². The van der Waals surface area contributed by atoms with Gasteiger partial charge in [-0.1, -0.05) is 26.0 Å². The van der Waals surface area contributed by atoms with Crippen molar-refractivity contribution in [2.75, 3.05) is 13.2 Å². The van der Waals surface area contributed by atoms with Gasteiger partial charge in [-0.15, -0.1) is 0 Å². The second kappa shape index (κ2) is 12.3. The Morgan fingerprint density at radius 3 is 2.33 bits per heavy atom. The molecule has 0 aliphatic carbocycles. The SMILES string of the molecule is CCOC(=O)[C@H](CC(C)C)N(CC(=O)OC(C)(C)C)S(=O)(=O)c1ccc(Cc2[nH]ccc3nc(C)nc2-3)cc1. The number of pyridine rings is 1. The number of carbonyl (C=O) groups is 2. The molecule has 0 fully saturated rings. The molecule has 0 bridgehead atoms. The predicted molar refractivity (Wildman–Crippen MR) is 147 cm³/mol. The lowest BCUT2D eigenvalue weighted by molar-refractivity contribution is -0.157. The molecule has 11 heteroatoms. The largest absolute Gasteiger partial charge is 0.465 e. The molecule has 3 rings (SSSR count). The van der Waals surface area contributed by atoms with Crippen LogP contribution in [0.5, 0.6) is 0 Å². The Morgan fingerprint density at radius 1 is 1.08 bits per heavy atom. The van der Waals surface area contributed by atoms with E-state index in [-0.39, 0.29) is 23.8 Å². The molecule has 1 N–H and O–H groups in total. The summed E-state index contributed by atoms with van der Waals surface area (Å²) in [5, 5.41) is 0. The number of ether oxygens (including phenoxy) is 2. The van der Waals surface area contributed by atoms with Crippen LogP contribution in [0.25, 0.3) is 11.4 Å². The zero-order chi connectivity index (χ0) is 29.0. The van der Waals surface area contributed by atoms with Crippen molar-refractivity contribution in [3.8, 4) is 11.4 Å². The van der Waals surface area contributed by atoms with Gasteiger partial charge in [0.25, 0.3) is 0 Å². The number of hydrogen-bond acceptors (Lipinski definition) is 8. The molecule has 0 radical (unpaired) electrons. The highest BCUT2D eigenvalue weighted by Crippen LogP contribution is 2.26. The molecule has 1 atom stereocenters. The van der Waals surface area contributed by atoms with Crippen molar-refractivity contribution >= 4 is 22.0 Å². The monoisotopic (exact) mass is 558 g/mol. The second-order valence-corrected chi connectivity index (χ2v) is 12.7. The summed E-state index contributed by atoms with van der Waals surface area (Å²) in [6, 6.07) is 7.03. The van der Waals surface area contributed by atoms with Gasteiger partial charge < -0.3 is 14.5 Å². The van der Waals surface area contributed by atoms with E-state index < -0.39 is 40.1 Å². The van der Waals surface area contributed by atoms with E-state index in [1.807, 2.05) is 26.8 Å². The predicted octanol–water partition coefficient (Wildman–Crippen LogP) is 4.12. The Labute approximate surface area is 230 Å². The molecule has 0 unspecified atom stereocenters. The Hall–Kier alpha value is -3.31. The van der Waals surface area contributed by atoms with Crippen molar-refractivity contribution in [3.63, 3.8) is 0 Å². The number of benzene rings is 1. The van der Waals surface area contributed by atoms with E-state index in [4.69, 9.17) is 9.47 Å². The van der Waals surface area contributed by atoms with Crippen LogP contribution in [-0.2, 0) is 35.5 Å². The van der Waals surface area contributed by atoms with Crippen LogP contribution in [0.2, 0.25) is 0 Å². The van der Waals surface area contributed by atoms with Crippen molar-refractivity contribution < 1.29 is 27.5 Å². The van der Waals surface area contributed by atoms with Crippen LogP contribution in [0, 0.1) is 12.8 Å². The first-order chi connectivity index (χ1) is 18.2. The van der Waals surface area contributed by atoms with Gasteiger partial charge in [-0.05, 0) is 70.7 Å². The average Bonchev–Trinajstić information content (AvgIpc) is 3.21. The van der Waals surface area contributed by atoms with Gasteiger partial charge in [0.05, 0.1) is 17.2 Å². The third kappa shape index (κ3) is 7.86. The van der Waals surface area contributed by atoms with Crippen molar-refractivity contribution in [1.29, 1.82) is 0 Å². The summed E-state index contributed by atoms with van der Waals surface area (Å²) in [6.45, 7) is 11.8. The maximum atomic E-state index is 13.9. The Kier molecular flexibility index (Phi) is 9.50. The van der Waals surface area contributed by atoms with Crippen LogP contribution in [-0.4, -0.2) is 64.4 Å². The van der Waals surface area contributed by atoms with Crippen molar-refractivity contribution in [2.24, 2.45) is 5.92 Å². The number of nitrogens with zero attached hydrogens (tertiary/aromatic N) is 3. The highest BCUT2D eigenvalue weighted by atomic mass is 32.2. The molecule has 0 saturated heterocycles. The van der Waals surface area contributed by atoms with E-state index in [2.05, 4.69) is 15.0 Å². The standard InChI is InChI=1S/C28H38N4O6S/c1-8-37-27(34)24(15-18(2)3)32(17-25(33)38-28(5,6)7)39(35,36)21-11-9-20(10-12-21)16-23-26-22(13-14-29-23)30-19(4)31-26/h9-14,18,24,29H,8,15-17H2,1-7H3/t24-/m0/s1. The fraction of sp³-hybridized carbons (Fsp3) is 0.500. The fourth-order valence-corrected chi connectivity index (χ4v) is 5.77. The summed E-state index contributed by atoms with van der Waals surface area (Å²) < 4.78 is 39.3. The van der Waals surface area contributed by atoms with E-state index in [0.29, 0.717) is 12.2 Å². The highest BCUT2D eigenvalue weighted by molar-refractivity contribution is 7.89. The smallest absolute Gasteiger partial charge is 0.324 e. The second-order valence-electron chi connectivity index (χ2n) is 10.8. The third-order valence-corrected chi connectivity index (χ3v) is 7.67. The average molecular weight is 559 g/mol. The molecule has 2 aliphatic rings. The molecule has 39 heavy (non-hydrogen) atoms. The lowest BCUT2D eigenvalue weighted by Crippen LogP contribution is -2.49. The Morgan fingerprint density at radius 2 is 1.74 bits per heavy atom. The zero-order valence-electron chi connectivity index (χ0n) is 23.6. The third-order valence-electron chi connectivity index (χ3n) is 5.80. The summed E-state index contributed by atoms with van der Waals surface area (Å²) in [6.07, 6.45) is 2.46. The van der Waals surface area contributed by atoms with E-state index in [1.165, 1.54) is 12.1 Å². The van der Waals surface area contributed by atoms with Gasteiger partial charge in [0.15, 0.2) is 0 Å². The minimum atomic E-state index is -4.28. The first-order valence-electron chi connectivity index (χ1n) is 13.0. The number of sulfonamides is 1. The normalized spacial score (nSPS) is 13.2. The van der Waals surface area contributed by atoms with Gasteiger partial charge in [0, 0.05) is 18.3 Å². The lowest BCUT2D eigenvalue weighted by Gasteiger charge is -2.31. The van der Waals surface area contributed by atoms with Crippen molar-refractivity contribution in [2.45, 2.75) is 77.8 Å². The Bertz CT molecular complexity index is 1360. The number of imidazole rings is 1. The number of esters is 2. The molecular weight excluding hydrogens is 520 g/mol. The van der Waals surface area contributed by atoms with Crippen LogP contribution >= 0.6 is 0 Å². The number of fused-ring (bicyclic) bond motifs is 1. The van der Waals surface area contributed by atoms with Crippen LogP contribution in [0.15, 0.2) is 41.4 Å². The summed E-state index contributed by atoms with van der Waals surface area (Å²) in [5.74, 6) is -0.824. The first-order valence-corrected chi connectivity index (χ1v) is 14.4. The number of rotatable bonds is 11. The van der Waals surface area contributed by atoms with Gasteiger partial charge in [-0.3, -0.25) is 9.59 Å². The molecule has 0 saturated carbocycles. The minimum Gasteiger partial charge on any atom is -0.465 e. The maximum absolute atomic E-state index is 13.9. The molecule has 1 aromatic carbocycles. The van der Waals surface area contributed by atoms with Crippen LogP contribution in [0.1, 0.15) is 65.0 Å². The number of nitrogens with one attached hydrogen (secondary N) is 1. The first kappa shape index (κ1) is 30.2. The maximum Gasteiger partial charge on any atom is 0.324 e. The quantitative estimate of drug-likeness (QED) is 0.348. The number of aryl methyl sites for hydroxylation is 1. The fourth-order valence-electron chi connectivity index (χ4n) is 4.23. The topological polar surface area (TPSA) is 132 Å². The van der Waals surface area contributed by atoms with E-state index in [1.54, 1.807) is 46.0 Å². The summed E-state index contributed by atoms with van der Waals surface area (Å²) >= 11 is 0. The number of hydrogen-bond donors (Lipinski definition) is 1. The molecule has 212 valence electrons. The molecule has 0 amide bonds. The Balaban J connectivity index is 1.95. The van der Waals surface area contributed by atoms with Crippen molar-refractivity contribution in [3.05, 3.63) is 53.6 Å². The minimum absolute atomic E-state index is 0.0417. The van der Waals surface area contributed by atoms with Gasteiger partial charge in [-0.2, -0.15) is 4.31 Å². The van der Waals surface area contributed by atoms with Crippen LogP contribution in [0.4, 0.5) is 0 Å². The molecule has 1 aromatic rings. The molecule has 10 nitrogen and oxygen atoms in total. The van der Waals surface area contributed by atoms with E-state index in [0.717, 1.165) is 27.0 Å². The zero-order valence-corrected chi connectivity index (χ0v) is 24.5. The number of carbonyl (C=O) groups excluding carboxylic acids is 2. The van der Waals surface area contributed by atoms with Crippen molar-refractivity contribution in [1.82, 2.24) is 19.3 Å².